The fourth-order valence-corrected chi connectivity index (χ4v) is 9.43. The number of ether oxygens (including phenoxy) is 3. The molecule has 4 aromatic rings. The number of nitrogens with zero attached hydrogens (tertiary/aromatic N) is 5. The highest BCUT2D eigenvalue weighted by Gasteiger charge is 2.38. The van der Waals surface area contributed by atoms with Crippen LogP contribution in [0, 0.1) is 29.1 Å². The predicted octanol–water partition coefficient (Wildman–Crippen LogP) is 7.53. The number of amides is 3. The van der Waals surface area contributed by atoms with E-state index in [-0.39, 0.29) is 55.8 Å². The van der Waals surface area contributed by atoms with E-state index in [0.29, 0.717) is 55.6 Å². The number of likely N-dealkylation sites (tertiary alicyclic amines) is 1. The third-order valence-electron chi connectivity index (χ3n) is 14.4. The van der Waals surface area contributed by atoms with E-state index in [9.17, 15) is 28.0 Å². The molecule has 2 unspecified atom stereocenters. The minimum Gasteiger partial charge on any atom is -0.464 e. The molecule has 6 bridgehead atoms. The maximum Gasteiger partial charge on any atom is 0.324 e. The molecule has 3 aliphatic rings. The molecule has 4 atom stereocenters. The maximum absolute atomic E-state index is 15.0. The smallest absolute Gasteiger partial charge is 0.324 e. The van der Waals surface area contributed by atoms with Gasteiger partial charge in [0.1, 0.15) is 12.1 Å². The zero-order valence-corrected chi connectivity index (χ0v) is 43.2. The van der Waals surface area contributed by atoms with Gasteiger partial charge in [0.05, 0.1) is 48.3 Å². The number of hydrogen-bond acceptors (Lipinski definition) is 10. The third kappa shape index (κ3) is 12.0. The van der Waals surface area contributed by atoms with Crippen LogP contribution in [0.25, 0.3) is 33.3 Å². The molecule has 3 amide bonds. The summed E-state index contributed by atoms with van der Waals surface area (Å²) in [6.07, 6.45) is -0.462. The zero-order chi connectivity index (χ0) is 51.5. The number of aromatic nitrogens is 2. The Morgan fingerprint density at radius 3 is 2.49 bits per heavy atom. The highest BCUT2D eigenvalue weighted by atomic mass is 19.3. The van der Waals surface area contributed by atoms with Crippen LogP contribution >= 0.6 is 0 Å². The van der Waals surface area contributed by atoms with Gasteiger partial charge in [-0.15, -0.1) is 0 Å². The van der Waals surface area contributed by atoms with Gasteiger partial charge < -0.3 is 29.0 Å². The van der Waals surface area contributed by atoms with Gasteiger partial charge in [-0.1, -0.05) is 51.8 Å². The minimum absolute atomic E-state index is 0.0210. The molecule has 0 saturated carbocycles. The highest BCUT2D eigenvalue weighted by Crippen LogP contribution is 2.42. The summed E-state index contributed by atoms with van der Waals surface area (Å²) < 4.78 is 50.3. The number of esters is 1. The molecule has 7 rings (SSSR count). The first-order valence-corrected chi connectivity index (χ1v) is 24.8. The van der Waals surface area contributed by atoms with E-state index in [4.69, 9.17) is 19.2 Å². The Bertz CT molecular complexity index is 2680. The molecule has 2 saturated heterocycles. The van der Waals surface area contributed by atoms with Crippen molar-refractivity contribution in [2.75, 3.05) is 54.1 Å². The number of hydrazine groups is 1. The lowest BCUT2D eigenvalue weighted by Crippen LogP contribution is -2.61. The molecule has 0 aliphatic carbocycles. The predicted molar refractivity (Wildman–Crippen MR) is 269 cm³/mol. The molecule has 2 fully saturated rings. The summed E-state index contributed by atoms with van der Waals surface area (Å²) in [7, 11) is 5.44. The number of benzene rings is 2. The Balaban J connectivity index is 1.25. The van der Waals surface area contributed by atoms with Crippen LogP contribution in [0.4, 0.5) is 8.78 Å². The first kappa shape index (κ1) is 53.1. The summed E-state index contributed by atoms with van der Waals surface area (Å²) in [6, 6.07) is 12.5. The highest BCUT2D eigenvalue weighted by molar-refractivity contribution is 5.96. The lowest BCUT2D eigenvalue weighted by Gasteiger charge is -2.39. The Morgan fingerprint density at radius 2 is 1.82 bits per heavy atom. The fourth-order valence-electron chi connectivity index (χ4n) is 9.43. The summed E-state index contributed by atoms with van der Waals surface area (Å²) in [6.45, 7) is 17.3. The minimum atomic E-state index is -2.83. The van der Waals surface area contributed by atoms with Gasteiger partial charge in [0.2, 0.25) is 5.91 Å². The number of carbonyl (C=O) groups excluding carboxylic acids is 4. The van der Waals surface area contributed by atoms with Crippen molar-refractivity contribution in [3.05, 3.63) is 77.1 Å². The molecule has 0 radical (unpaired) electrons. The van der Waals surface area contributed by atoms with Crippen LogP contribution in [0.1, 0.15) is 103 Å². The van der Waals surface area contributed by atoms with Gasteiger partial charge in [-0.3, -0.25) is 34.1 Å². The van der Waals surface area contributed by atoms with E-state index in [2.05, 4.69) is 34.1 Å². The van der Waals surface area contributed by atoms with Gasteiger partial charge in [0.15, 0.2) is 0 Å². The summed E-state index contributed by atoms with van der Waals surface area (Å²) in [5, 5.41) is 5.25. The second-order valence-corrected chi connectivity index (χ2v) is 21.1. The Labute approximate surface area is 417 Å². The number of rotatable bonds is 12. The molecule has 5 heterocycles. The molecule has 382 valence electrons. The number of alkyl halides is 2. The lowest BCUT2D eigenvalue weighted by molar-refractivity contribution is -0.155. The van der Waals surface area contributed by atoms with Gasteiger partial charge in [-0.2, -0.15) is 0 Å². The number of aryl methyl sites for hydroxylation is 1. The lowest BCUT2D eigenvalue weighted by atomic mass is 9.84. The number of halogens is 2. The molecule has 2 aromatic carbocycles. The van der Waals surface area contributed by atoms with Crippen LogP contribution in [0.2, 0.25) is 0 Å². The fraction of sp³-hybridized carbons (Fsp3) is 0.545. The summed E-state index contributed by atoms with van der Waals surface area (Å²) in [4.78, 5) is 64.2. The van der Waals surface area contributed by atoms with Crippen molar-refractivity contribution in [2.45, 2.75) is 124 Å². The van der Waals surface area contributed by atoms with Gasteiger partial charge in [-0.05, 0) is 125 Å². The van der Waals surface area contributed by atoms with E-state index in [1.165, 1.54) is 17.1 Å². The zero-order valence-electron chi connectivity index (χ0n) is 43.2. The second-order valence-electron chi connectivity index (χ2n) is 21.1. The van der Waals surface area contributed by atoms with Crippen LogP contribution in [0.15, 0.2) is 54.7 Å². The van der Waals surface area contributed by atoms with Gasteiger partial charge in [0.25, 0.3) is 18.2 Å². The number of nitrogens with one attached hydrogen (secondary N) is 2. The van der Waals surface area contributed by atoms with Crippen molar-refractivity contribution in [3.8, 4) is 34.2 Å². The molecule has 14 nitrogen and oxygen atoms in total. The number of pyridine rings is 1. The van der Waals surface area contributed by atoms with Gasteiger partial charge in [-0.25, -0.2) is 14.2 Å². The van der Waals surface area contributed by atoms with Crippen LogP contribution in [0.5, 0.6) is 0 Å². The van der Waals surface area contributed by atoms with Crippen molar-refractivity contribution in [3.63, 3.8) is 0 Å². The molecule has 2 aromatic heterocycles. The normalized spacial score (nSPS) is 19.8. The van der Waals surface area contributed by atoms with Crippen molar-refractivity contribution < 1.29 is 42.2 Å². The second kappa shape index (κ2) is 21.9. The van der Waals surface area contributed by atoms with E-state index >= 15 is 0 Å². The Kier molecular flexibility index (Phi) is 16.4. The largest absolute Gasteiger partial charge is 0.464 e. The average molecular weight is 980 g/mol. The number of methoxy groups -OCH3 is 1. The monoisotopic (exact) mass is 980 g/mol. The Morgan fingerprint density at radius 1 is 1.07 bits per heavy atom. The number of fused-ring (bicyclic) bond motifs is 6. The van der Waals surface area contributed by atoms with Gasteiger partial charge >= 0.3 is 5.97 Å². The summed E-state index contributed by atoms with van der Waals surface area (Å²) >= 11 is 0. The first-order valence-electron chi connectivity index (χ1n) is 24.8. The summed E-state index contributed by atoms with van der Waals surface area (Å²) in [5.74, 6) is 3.06. The van der Waals surface area contributed by atoms with Crippen molar-refractivity contribution in [1.82, 2.24) is 35.1 Å². The standard InChI is InChI=1S/C55H71F2N7O7/c1-12-63-46-18-17-36-27-41(46)42(49(63)40-15-13-21-58-48(40)34(4)69-11)28-54(5,6)32-71-53(68)44-16-14-22-64(60-44)52(67)45(25-35-23-37(36)26-38(24-35)50(56)57)59-51(66)43(33(2)3)31-70-39-29-62(30-39)47(65)19-20-55(7,8)61(9)10/h13,15,17-18,21,23-24,26-27,33-34,39,43-45,50,60H,12,14,16,22,25,28-32H2,1-11H3,(H,59,66)/t34?,43?,44-,45-/m0/s1. The van der Waals surface area contributed by atoms with E-state index in [0.717, 1.165) is 33.4 Å². The SMILES string of the molecule is CCn1c(-c2cccnc2C(C)OC)c2c3cc(ccc31)-c1cc(cc(C(F)F)c1)C[C@H](NC(=O)C(COC1CN(C(=O)C#CC(C)(C)N(C)C)C1)C(C)C)C(=O)N1CCC[C@H](N1)C(=O)OCC(C)(C)C2. The van der Waals surface area contributed by atoms with Crippen molar-refractivity contribution in [2.24, 2.45) is 17.3 Å². The van der Waals surface area contributed by atoms with Crippen molar-refractivity contribution >= 4 is 34.6 Å². The van der Waals surface area contributed by atoms with E-state index in [1.54, 1.807) is 18.2 Å². The number of carbonyl (C=O) groups is 4. The van der Waals surface area contributed by atoms with Crippen LogP contribution in [-0.2, 0) is 52.8 Å². The van der Waals surface area contributed by atoms with Crippen LogP contribution < -0.4 is 10.7 Å². The molecule has 0 spiro atoms. The van der Waals surface area contributed by atoms with E-state index < -0.39 is 53.2 Å². The first-order chi connectivity index (χ1) is 33.6. The summed E-state index contributed by atoms with van der Waals surface area (Å²) in [5.41, 5.74) is 7.98. The number of cyclic esters (lactones) is 1. The molecule has 71 heavy (non-hydrogen) atoms. The molecular formula is C55H71F2N7O7. The van der Waals surface area contributed by atoms with Gasteiger partial charge in [0, 0.05) is 73.4 Å². The van der Waals surface area contributed by atoms with Crippen molar-refractivity contribution in [1.29, 1.82) is 0 Å². The maximum atomic E-state index is 15.0. The Hall–Kier alpha value is -5.73. The number of hydrogen-bond donors (Lipinski definition) is 2. The van der Waals surface area contributed by atoms with Crippen LogP contribution in [-0.4, -0.2) is 126 Å². The molecule has 16 heteroatoms. The van der Waals surface area contributed by atoms with Crippen LogP contribution in [0.3, 0.4) is 0 Å². The molecule has 2 N–H and O–H groups in total. The molecule has 3 aliphatic heterocycles. The third-order valence-corrected chi connectivity index (χ3v) is 14.4. The average Bonchev–Trinajstić information content (AvgIpc) is 3.63. The topological polar surface area (TPSA) is 148 Å². The van der Waals surface area contributed by atoms with E-state index in [1.807, 2.05) is 104 Å². The molecular weight excluding hydrogens is 909 g/mol. The quantitative estimate of drug-likeness (QED) is 0.108.